The average Bonchev–Trinajstić information content (AvgIpc) is 3.00. The fourth-order valence-corrected chi connectivity index (χ4v) is 4.12. The van der Waals surface area contributed by atoms with Gasteiger partial charge in [0, 0.05) is 25.5 Å². The molecule has 3 atom stereocenters. The van der Waals surface area contributed by atoms with Crippen molar-refractivity contribution >= 4 is 17.7 Å². The van der Waals surface area contributed by atoms with Crippen molar-refractivity contribution < 1.29 is 19.1 Å². The van der Waals surface area contributed by atoms with Gasteiger partial charge in [0.2, 0.25) is 11.8 Å². The number of hydrogen-bond donors (Lipinski definition) is 1. The van der Waals surface area contributed by atoms with E-state index in [2.05, 4.69) is 5.32 Å². The zero-order chi connectivity index (χ0) is 15.8. The van der Waals surface area contributed by atoms with Crippen LogP contribution in [0.15, 0.2) is 30.3 Å². The summed E-state index contributed by atoms with van der Waals surface area (Å²) in [5.74, 6) is -0.767. The van der Waals surface area contributed by atoms with Gasteiger partial charge in [-0.1, -0.05) is 30.3 Å². The molecular formula is C16H16N2O4. The van der Waals surface area contributed by atoms with E-state index in [9.17, 15) is 14.4 Å². The Hall–Kier alpha value is -2.21. The minimum atomic E-state index is -1.27. The van der Waals surface area contributed by atoms with Crippen molar-refractivity contribution in [2.24, 2.45) is 5.41 Å². The molecule has 3 aliphatic rings. The van der Waals surface area contributed by atoms with Crippen LogP contribution in [0.4, 0.5) is 0 Å². The molecule has 1 aromatic rings. The molecule has 0 aliphatic carbocycles. The SMILES string of the molecule is CN1C(=O)CC2(CC3(C)OC2(c2ccccc2)NC3=O)C1=O. The molecule has 0 radical (unpaired) electrons. The molecule has 1 spiro atoms. The summed E-state index contributed by atoms with van der Waals surface area (Å²) in [5, 5.41) is 2.87. The first-order valence-electron chi connectivity index (χ1n) is 7.24. The van der Waals surface area contributed by atoms with E-state index in [-0.39, 0.29) is 30.6 Å². The molecule has 6 nitrogen and oxygen atoms in total. The van der Waals surface area contributed by atoms with Crippen LogP contribution in [0.25, 0.3) is 0 Å². The van der Waals surface area contributed by atoms with Crippen LogP contribution in [0.1, 0.15) is 25.3 Å². The van der Waals surface area contributed by atoms with Gasteiger partial charge in [0.05, 0.1) is 0 Å². The molecule has 1 N–H and O–H groups in total. The van der Waals surface area contributed by atoms with Crippen LogP contribution in [0.2, 0.25) is 0 Å². The summed E-state index contributed by atoms with van der Waals surface area (Å²) in [6, 6.07) is 9.13. The van der Waals surface area contributed by atoms with Crippen molar-refractivity contribution in [1.29, 1.82) is 0 Å². The van der Waals surface area contributed by atoms with Gasteiger partial charge in [0.1, 0.15) is 11.0 Å². The molecule has 0 saturated carbocycles. The number of rotatable bonds is 1. The maximum atomic E-state index is 12.8. The highest BCUT2D eigenvalue weighted by atomic mass is 16.6. The van der Waals surface area contributed by atoms with Crippen LogP contribution in [0.5, 0.6) is 0 Å². The molecule has 0 aromatic heterocycles. The van der Waals surface area contributed by atoms with E-state index in [1.54, 1.807) is 6.92 Å². The van der Waals surface area contributed by atoms with Gasteiger partial charge >= 0.3 is 0 Å². The Morgan fingerprint density at radius 3 is 2.41 bits per heavy atom. The number of nitrogens with one attached hydrogen (secondary N) is 1. The number of carbonyl (C=O) groups excluding carboxylic acids is 3. The van der Waals surface area contributed by atoms with E-state index < -0.39 is 16.7 Å². The van der Waals surface area contributed by atoms with E-state index >= 15 is 0 Å². The minimum Gasteiger partial charge on any atom is -0.334 e. The van der Waals surface area contributed by atoms with Crippen LogP contribution in [0, 0.1) is 5.41 Å². The van der Waals surface area contributed by atoms with Gasteiger partial charge in [0.25, 0.3) is 5.91 Å². The number of amides is 3. The molecule has 3 amide bonds. The fraction of sp³-hybridized carbons (Fsp3) is 0.438. The number of fused-ring (bicyclic) bond motifs is 3. The summed E-state index contributed by atoms with van der Waals surface area (Å²) in [6.45, 7) is 1.68. The lowest BCUT2D eigenvalue weighted by Gasteiger charge is -2.40. The van der Waals surface area contributed by atoms with Crippen molar-refractivity contribution in [2.45, 2.75) is 31.1 Å². The van der Waals surface area contributed by atoms with E-state index in [1.165, 1.54) is 7.05 Å². The van der Waals surface area contributed by atoms with Crippen molar-refractivity contribution in [3.63, 3.8) is 0 Å². The van der Waals surface area contributed by atoms with Gasteiger partial charge in [-0.2, -0.15) is 0 Å². The molecule has 3 fully saturated rings. The third-order valence-electron chi connectivity index (χ3n) is 5.18. The zero-order valence-corrected chi connectivity index (χ0v) is 12.4. The van der Waals surface area contributed by atoms with Gasteiger partial charge in [-0.25, -0.2) is 0 Å². The van der Waals surface area contributed by atoms with Gasteiger partial charge in [-0.3, -0.25) is 19.3 Å². The van der Waals surface area contributed by atoms with Crippen molar-refractivity contribution in [1.82, 2.24) is 10.2 Å². The van der Waals surface area contributed by atoms with E-state index in [0.717, 1.165) is 4.90 Å². The van der Waals surface area contributed by atoms with E-state index in [1.807, 2.05) is 30.3 Å². The molecular weight excluding hydrogens is 284 g/mol. The lowest BCUT2D eigenvalue weighted by atomic mass is 9.67. The highest BCUT2D eigenvalue weighted by Crippen LogP contribution is 2.63. The van der Waals surface area contributed by atoms with Crippen molar-refractivity contribution in [2.75, 3.05) is 7.05 Å². The Labute approximate surface area is 127 Å². The Kier molecular flexibility index (Phi) is 2.30. The molecule has 2 bridgehead atoms. The van der Waals surface area contributed by atoms with Gasteiger partial charge in [-0.15, -0.1) is 0 Å². The van der Waals surface area contributed by atoms with Gasteiger partial charge < -0.3 is 10.1 Å². The van der Waals surface area contributed by atoms with Crippen LogP contribution in [-0.4, -0.2) is 35.3 Å². The highest BCUT2D eigenvalue weighted by molar-refractivity contribution is 6.08. The predicted molar refractivity (Wildman–Crippen MR) is 75.2 cm³/mol. The Morgan fingerprint density at radius 2 is 1.86 bits per heavy atom. The molecule has 4 rings (SSSR count). The van der Waals surface area contributed by atoms with E-state index in [0.29, 0.717) is 5.56 Å². The molecule has 3 saturated heterocycles. The number of ether oxygens (including phenoxy) is 1. The highest BCUT2D eigenvalue weighted by Gasteiger charge is 2.78. The summed E-state index contributed by atoms with van der Waals surface area (Å²) >= 11 is 0. The molecule has 3 heterocycles. The smallest absolute Gasteiger partial charge is 0.254 e. The van der Waals surface area contributed by atoms with Gasteiger partial charge in [0.15, 0.2) is 5.72 Å². The minimum absolute atomic E-state index is 0.0487. The van der Waals surface area contributed by atoms with Crippen LogP contribution in [-0.2, 0) is 24.8 Å². The molecule has 22 heavy (non-hydrogen) atoms. The normalized spacial score (nSPS) is 39.9. The third-order valence-corrected chi connectivity index (χ3v) is 5.18. The number of hydrogen-bond acceptors (Lipinski definition) is 4. The number of imide groups is 1. The quantitative estimate of drug-likeness (QED) is 0.767. The lowest BCUT2D eigenvalue weighted by molar-refractivity contribution is -0.149. The second kappa shape index (κ2) is 3.76. The first-order valence-corrected chi connectivity index (χ1v) is 7.24. The number of nitrogens with zero attached hydrogens (tertiary/aromatic N) is 1. The van der Waals surface area contributed by atoms with Crippen LogP contribution >= 0.6 is 0 Å². The molecule has 114 valence electrons. The number of benzene rings is 1. The summed E-state index contributed by atoms with van der Waals surface area (Å²) in [5.41, 5.74) is -2.72. The Bertz CT molecular complexity index is 718. The monoisotopic (exact) mass is 300 g/mol. The van der Waals surface area contributed by atoms with E-state index in [4.69, 9.17) is 4.74 Å². The van der Waals surface area contributed by atoms with Crippen molar-refractivity contribution in [3.05, 3.63) is 35.9 Å². The molecule has 3 aliphatic heterocycles. The zero-order valence-electron chi connectivity index (χ0n) is 12.4. The lowest BCUT2D eigenvalue weighted by Crippen LogP contribution is -2.59. The molecule has 6 heteroatoms. The summed E-state index contributed by atoms with van der Waals surface area (Å²) in [7, 11) is 1.48. The third kappa shape index (κ3) is 1.27. The Morgan fingerprint density at radius 1 is 1.18 bits per heavy atom. The summed E-state index contributed by atoms with van der Waals surface area (Å²) < 4.78 is 6.09. The molecule has 3 unspecified atom stereocenters. The van der Waals surface area contributed by atoms with Crippen molar-refractivity contribution in [3.8, 4) is 0 Å². The number of likely N-dealkylation sites (tertiary alicyclic amines) is 1. The second-order valence-corrected chi connectivity index (χ2v) is 6.53. The van der Waals surface area contributed by atoms with Gasteiger partial charge in [-0.05, 0) is 6.92 Å². The first kappa shape index (κ1) is 13.5. The predicted octanol–water partition coefficient (Wildman–Crippen LogP) is 0.523. The largest absolute Gasteiger partial charge is 0.334 e. The number of piperidine rings is 1. The average molecular weight is 300 g/mol. The standard InChI is InChI=1S/C16H16N2O4/c1-14-9-15(8-11(19)18(2)13(15)21)16(22-14,17-12(14)20)10-6-4-3-5-7-10/h3-7H,8-9H2,1-2H3,(H,17,20). The topological polar surface area (TPSA) is 75.7 Å². The second-order valence-electron chi connectivity index (χ2n) is 6.53. The number of carbonyl (C=O) groups is 3. The maximum Gasteiger partial charge on any atom is 0.254 e. The summed E-state index contributed by atoms with van der Waals surface area (Å²) in [4.78, 5) is 38.4. The first-order chi connectivity index (χ1) is 10.3. The van der Waals surface area contributed by atoms with Crippen LogP contribution in [0.3, 0.4) is 0 Å². The molecule has 1 aromatic carbocycles. The maximum absolute atomic E-state index is 12.8. The van der Waals surface area contributed by atoms with Crippen LogP contribution < -0.4 is 5.32 Å². The fourth-order valence-electron chi connectivity index (χ4n) is 4.12. The summed E-state index contributed by atoms with van der Waals surface area (Å²) in [6.07, 6.45) is 0.267. The Balaban J connectivity index is 1.96.